The van der Waals surface area contributed by atoms with Crippen molar-refractivity contribution >= 4 is 14.6 Å². The van der Waals surface area contributed by atoms with E-state index in [1.54, 1.807) is 6.92 Å². The van der Waals surface area contributed by atoms with Crippen LogP contribution in [-0.2, 0) is 11.0 Å². The first kappa shape index (κ1) is 19.0. The van der Waals surface area contributed by atoms with E-state index >= 15 is 0 Å². The molecule has 0 saturated carbocycles. The Hall–Kier alpha value is -0.973. The third-order valence-corrected chi connectivity index (χ3v) is 7.97. The van der Waals surface area contributed by atoms with Crippen LogP contribution in [0.25, 0.3) is 0 Å². The van der Waals surface area contributed by atoms with E-state index in [-0.39, 0.29) is 11.6 Å². The van der Waals surface area contributed by atoms with Crippen molar-refractivity contribution in [3.8, 4) is 0 Å². The number of hydrogen-bond acceptors (Lipinski definition) is 3. The molecule has 0 spiro atoms. The Balaban J connectivity index is 0.00000110. The van der Waals surface area contributed by atoms with E-state index in [9.17, 15) is 4.79 Å². The molecule has 0 heterocycles. The molecule has 0 atom stereocenters. The molecule has 1 aromatic rings. The van der Waals surface area contributed by atoms with Crippen LogP contribution in [0.4, 0.5) is 0 Å². The monoisotopic (exact) mass is 296 g/mol. The average Bonchev–Trinajstić information content (AvgIpc) is 2.36. The van der Waals surface area contributed by atoms with Crippen molar-refractivity contribution in [3.63, 3.8) is 0 Å². The van der Waals surface area contributed by atoms with Gasteiger partial charge in [-0.05, 0) is 36.7 Å². The lowest BCUT2D eigenvalue weighted by atomic mass is 10.1. The fraction of sp³-hybridized carbons (Fsp3) is 0.562. The second-order valence-corrected chi connectivity index (χ2v) is 11.0. The zero-order valence-electron chi connectivity index (χ0n) is 13.6. The summed E-state index contributed by atoms with van der Waals surface area (Å²) < 4.78 is 6.10. The van der Waals surface area contributed by atoms with Crippen LogP contribution < -0.4 is 0 Å². The standard InChI is InChI=1S/C14H22O2Si.C2H6O/c1-14(2,3)17(4,5)16-11-13-8-6-7-12(9-13)10-15;1-2-3/h6-10H,11H2,1-5H3;3H,2H2,1H3. The van der Waals surface area contributed by atoms with Crippen molar-refractivity contribution in [2.75, 3.05) is 6.61 Å². The second kappa shape index (κ2) is 8.34. The molecule has 0 saturated heterocycles. The van der Waals surface area contributed by atoms with Gasteiger partial charge in [-0.15, -0.1) is 0 Å². The Morgan fingerprint density at radius 1 is 1.30 bits per heavy atom. The minimum atomic E-state index is -1.70. The molecule has 0 aliphatic heterocycles. The van der Waals surface area contributed by atoms with Gasteiger partial charge in [0, 0.05) is 12.2 Å². The second-order valence-electron chi connectivity index (χ2n) is 6.23. The Morgan fingerprint density at radius 2 is 1.85 bits per heavy atom. The van der Waals surface area contributed by atoms with E-state index in [0.717, 1.165) is 11.8 Å². The number of carbonyl (C=O) groups is 1. The molecule has 1 N–H and O–H groups in total. The lowest BCUT2D eigenvalue weighted by molar-refractivity contribution is 0.112. The van der Waals surface area contributed by atoms with Crippen molar-refractivity contribution in [1.82, 2.24) is 0 Å². The van der Waals surface area contributed by atoms with Gasteiger partial charge in [0.05, 0.1) is 6.61 Å². The van der Waals surface area contributed by atoms with Crippen molar-refractivity contribution in [2.45, 2.75) is 52.4 Å². The molecule has 0 radical (unpaired) electrons. The third-order valence-electron chi connectivity index (χ3n) is 3.49. The van der Waals surface area contributed by atoms with E-state index in [1.807, 2.05) is 24.3 Å². The first-order valence-corrected chi connectivity index (χ1v) is 9.87. The summed E-state index contributed by atoms with van der Waals surface area (Å²) in [5.74, 6) is 0. The van der Waals surface area contributed by atoms with Crippen LogP contribution in [0.2, 0.25) is 18.1 Å². The molecule has 0 unspecified atom stereocenters. The van der Waals surface area contributed by atoms with Crippen LogP contribution in [0.1, 0.15) is 43.6 Å². The van der Waals surface area contributed by atoms with E-state index in [1.165, 1.54) is 0 Å². The van der Waals surface area contributed by atoms with Gasteiger partial charge in [0.15, 0.2) is 8.32 Å². The predicted molar refractivity (Wildman–Crippen MR) is 86.6 cm³/mol. The van der Waals surface area contributed by atoms with Gasteiger partial charge in [0.1, 0.15) is 6.29 Å². The minimum Gasteiger partial charge on any atom is -0.413 e. The fourth-order valence-electron chi connectivity index (χ4n) is 1.24. The fourth-order valence-corrected chi connectivity index (χ4v) is 2.20. The number of aliphatic hydroxyl groups is 1. The van der Waals surface area contributed by atoms with E-state index in [0.29, 0.717) is 12.2 Å². The van der Waals surface area contributed by atoms with E-state index in [4.69, 9.17) is 9.53 Å². The minimum absolute atomic E-state index is 0.218. The van der Waals surface area contributed by atoms with Crippen LogP contribution in [0.3, 0.4) is 0 Å². The smallest absolute Gasteiger partial charge is 0.192 e. The number of aldehydes is 1. The molecule has 1 aromatic carbocycles. The molecule has 0 aliphatic carbocycles. The van der Waals surface area contributed by atoms with Gasteiger partial charge in [0.25, 0.3) is 0 Å². The predicted octanol–water partition coefficient (Wildman–Crippen LogP) is 4.02. The molecule has 0 fully saturated rings. The van der Waals surface area contributed by atoms with Gasteiger partial charge >= 0.3 is 0 Å². The number of hydrogen-bond donors (Lipinski definition) is 1. The third kappa shape index (κ3) is 6.46. The molecule has 20 heavy (non-hydrogen) atoms. The summed E-state index contributed by atoms with van der Waals surface area (Å²) >= 11 is 0. The van der Waals surface area contributed by atoms with Gasteiger partial charge < -0.3 is 9.53 Å². The highest BCUT2D eigenvalue weighted by atomic mass is 28.4. The molecule has 0 aromatic heterocycles. The normalized spacial score (nSPS) is 11.6. The Morgan fingerprint density at radius 3 is 2.30 bits per heavy atom. The summed E-state index contributed by atoms with van der Waals surface area (Å²) in [6.07, 6.45) is 0.871. The molecule has 0 aliphatic rings. The summed E-state index contributed by atoms with van der Waals surface area (Å²) in [4.78, 5) is 10.7. The highest BCUT2D eigenvalue weighted by molar-refractivity contribution is 6.74. The van der Waals surface area contributed by atoms with E-state index in [2.05, 4.69) is 33.9 Å². The maximum atomic E-state index is 10.7. The lowest BCUT2D eigenvalue weighted by Crippen LogP contribution is -2.40. The summed E-state index contributed by atoms with van der Waals surface area (Å²) in [6, 6.07) is 7.59. The summed E-state index contributed by atoms with van der Waals surface area (Å²) in [5, 5.41) is 7.79. The van der Waals surface area contributed by atoms with Crippen LogP contribution in [0.5, 0.6) is 0 Å². The molecular weight excluding hydrogens is 268 g/mol. The number of carbonyl (C=O) groups excluding carboxylic acids is 1. The maximum Gasteiger partial charge on any atom is 0.192 e. The quantitative estimate of drug-likeness (QED) is 0.674. The highest BCUT2D eigenvalue weighted by Crippen LogP contribution is 2.37. The zero-order chi connectivity index (χ0) is 15.8. The van der Waals surface area contributed by atoms with Crippen molar-refractivity contribution in [1.29, 1.82) is 0 Å². The number of benzene rings is 1. The number of aliphatic hydroxyl groups excluding tert-OH is 1. The van der Waals surface area contributed by atoms with Crippen molar-refractivity contribution in [3.05, 3.63) is 35.4 Å². The van der Waals surface area contributed by atoms with Gasteiger partial charge in [-0.1, -0.05) is 39.0 Å². The van der Waals surface area contributed by atoms with Gasteiger partial charge in [-0.25, -0.2) is 0 Å². The van der Waals surface area contributed by atoms with Gasteiger partial charge in [-0.3, -0.25) is 4.79 Å². The largest absolute Gasteiger partial charge is 0.413 e. The first-order chi connectivity index (χ1) is 9.17. The van der Waals surface area contributed by atoms with E-state index < -0.39 is 8.32 Å². The molecule has 114 valence electrons. The zero-order valence-corrected chi connectivity index (χ0v) is 14.6. The van der Waals surface area contributed by atoms with Gasteiger partial charge in [-0.2, -0.15) is 0 Å². The maximum absolute atomic E-state index is 10.7. The number of rotatable bonds is 4. The molecular formula is C16H28O3Si. The highest BCUT2D eigenvalue weighted by Gasteiger charge is 2.36. The molecule has 3 nitrogen and oxygen atoms in total. The Labute approximate surface area is 124 Å². The van der Waals surface area contributed by atoms with Crippen molar-refractivity contribution < 1.29 is 14.3 Å². The topological polar surface area (TPSA) is 46.5 Å². The summed E-state index contributed by atoms with van der Waals surface area (Å²) in [6.45, 7) is 13.7. The summed E-state index contributed by atoms with van der Waals surface area (Å²) in [5.41, 5.74) is 1.78. The lowest BCUT2D eigenvalue weighted by Gasteiger charge is -2.36. The average molecular weight is 296 g/mol. The van der Waals surface area contributed by atoms with Crippen LogP contribution in [-0.4, -0.2) is 26.3 Å². The first-order valence-electron chi connectivity index (χ1n) is 6.97. The summed E-state index contributed by atoms with van der Waals surface area (Å²) in [7, 11) is -1.70. The van der Waals surface area contributed by atoms with Crippen molar-refractivity contribution in [2.24, 2.45) is 0 Å². The van der Waals surface area contributed by atoms with Crippen LogP contribution in [0, 0.1) is 0 Å². The molecule has 0 bridgehead atoms. The Kier molecular flexibility index (Phi) is 7.94. The molecule has 4 heteroatoms. The molecule has 0 amide bonds. The van der Waals surface area contributed by atoms with Crippen LogP contribution in [0.15, 0.2) is 24.3 Å². The van der Waals surface area contributed by atoms with Crippen LogP contribution >= 0.6 is 0 Å². The van der Waals surface area contributed by atoms with Gasteiger partial charge in [0.2, 0.25) is 0 Å². The SMILES string of the molecule is CC(C)(C)[Si](C)(C)OCc1cccc(C=O)c1.CCO. The Bertz CT molecular complexity index is 408. The molecule has 1 rings (SSSR count).